The zero-order chi connectivity index (χ0) is 16.2. The van der Waals surface area contributed by atoms with Crippen molar-refractivity contribution in [2.24, 2.45) is 0 Å². The summed E-state index contributed by atoms with van der Waals surface area (Å²) in [6.45, 7) is 6.44. The van der Waals surface area contributed by atoms with Crippen LogP contribution in [0.15, 0.2) is 30.0 Å². The number of fused-ring (bicyclic) bond motifs is 1. The number of benzene rings is 1. The number of nitrogens with zero attached hydrogens (tertiary/aromatic N) is 4. The minimum Gasteiger partial charge on any atom is -0.383 e. The topological polar surface area (TPSA) is 51.1 Å². The van der Waals surface area contributed by atoms with Crippen LogP contribution in [-0.2, 0) is 11.3 Å². The zero-order valence-electron chi connectivity index (χ0n) is 13.6. The SMILES string of the molecule is COCCN(Cc1ccc(C)cc1C)c1ncnc2scnc12. The number of aromatic nitrogens is 3. The second-order valence-corrected chi connectivity index (χ2v) is 6.38. The second kappa shape index (κ2) is 7.02. The lowest BCUT2D eigenvalue weighted by molar-refractivity contribution is 0.205. The number of ether oxygens (including phenoxy) is 1. The molecule has 0 saturated carbocycles. The quantitative estimate of drug-likeness (QED) is 0.694. The fraction of sp³-hybridized carbons (Fsp3) is 0.353. The number of hydrogen-bond donors (Lipinski definition) is 0. The third kappa shape index (κ3) is 3.48. The molecule has 0 aliphatic rings. The average molecular weight is 328 g/mol. The maximum atomic E-state index is 5.27. The van der Waals surface area contributed by atoms with Crippen LogP contribution in [0.4, 0.5) is 5.82 Å². The van der Waals surface area contributed by atoms with Crippen molar-refractivity contribution in [3.8, 4) is 0 Å². The summed E-state index contributed by atoms with van der Waals surface area (Å²) >= 11 is 1.53. The van der Waals surface area contributed by atoms with Crippen molar-refractivity contribution in [3.63, 3.8) is 0 Å². The molecule has 0 radical (unpaired) electrons. The van der Waals surface area contributed by atoms with Gasteiger partial charge in [-0.3, -0.25) is 0 Å². The van der Waals surface area contributed by atoms with E-state index in [9.17, 15) is 0 Å². The Bertz CT molecular complexity index is 802. The van der Waals surface area contributed by atoms with Crippen LogP contribution in [0.1, 0.15) is 16.7 Å². The minimum absolute atomic E-state index is 0.639. The molecule has 0 saturated heterocycles. The molecule has 0 fully saturated rings. The highest BCUT2D eigenvalue weighted by molar-refractivity contribution is 7.16. The van der Waals surface area contributed by atoms with Crippen LogP contribution in [0, 0.1) is 13.8 Å². The highest BCUT2D eigenvalue weighted by Crippen LogP contribution is 2.26. The molecule has 6 heteroatoms. The van der Waals surface area contributed by atoms with Crippen molar-refractivity contribution in [3.05, 3.63) is 46.7 Å². The van der Waals surface area contributed by atoms with Crippen molar-refractivity contribution in [2.75, 3.05) is 25.2 Å². The largest absolute Gasteiger partial charge is 0.383 e. The summed E-state index contributed by atoms with van der Waals surface area (Å²) in [5.41, 5.74) is 6.52. The lowest BCUT2D eigenvalue weighted by atomic mass is 10.1. The average Bonchev–Trinajstić information content (AvgIpc) is 3.02. The van der Waals surface area contributed by atoms with Crippen LogP contribution in [0.2, 0.25) is 0 Å². The van der Waals surface area contributed by atoms with E-state index in [0.717, 1.165) is 29.3 Å². The summed E-state index contributed by atoms with van der Waals surface area (Å²) in [6, 6.07) is 6.54. The molecular weight excluding hydrogens is 308 g/mol. The Balaban J connectivity index is 1.95. The van der Waals surface area contributed by atoms with E-state index in [-0.39, 0.29) is 0 Å². The van der Waals surface area contributed by atoms with Gasteiger partial charge in [-0.1, -0.05) is 23.8 Å². The summed E-state index contributed by atoms with van der Waals surface area (Å²) in [6.07, 6.45) is 1.61. The summed E-state index contributed by atoms with van der Waals surface area (Å²) in [7, 11) is 1.72. The van der Waals surface area contributed by atoms with Gasteiger partial charge in [0, 0.05) is 20.2 Å². The molecular formula is C17H20N4OS. The van der Waals surface area contributed by atoms with Gasteiger partial charge in [-0.25, -0.2) is 15.0 Å². The van der Waals surface area contributed by atoms with E-state index >= 15 is 0 Å². The summed E-state index contributed by atoms with van der Waals surface area (Å²) in [4.78, 5) is 16.3. The summed E-state index contributed by atoms with van der Waals surface area (Å²) in [5.74, 6) is 0.869. The molecule has 2 heterocycles. The second-order valence-electron chi connectivity index (χ2n) is 5.55. The molecule has 0 spiro atoms. The third-order valence-electron chi connectivity index (χ3n) is 3.84. The maximum Gasteiger partial charge on any atom is 0.159 e. The fourth-order valence-electron chi connectivity index (χ4n) is 2.60. The number of aryl methyl sites for hydroxylation is 2. The molecule has 3 aromatic rings. The Morgan fingerprint density at radius 2 is 2.04 bits per heavy atom. The standard InChI is InChI=1S/C17H20N4OS/c1-12-4-5-14(13(2)8-12)9-21(6-7-22-3)16-15-17(19-10-18-16)23-11-20-15/h4-5,8,10-11H,6-7,9H2,1-3H3. The van der Waals surface area contributed by atoms with E-state index < -0.39 is 0 Å². The van der Waals surface area contributed by atoms with E-state index in [2.05, 4.69) is 51.9 Å². The number of rotatable bonds is 6. The molecule has 0 amide bonds. The molecule has 2 aromatic heterocycles. The van der Waals surface area contributed by atoms with Gasteiger partial charge in [0.25, 0.3) is 0 Å². The van der Waals surface area contributed by atoms with Gasteiger partial charge < -0.3 is 9.64 Å². The first-order valence-corrected chi connectivity index (χ1v) is 8.41. The van der Waals surface area contributed by atoms with Crippen LogP contribution in [-0.4, -0.2) is 35.2 Å². The van der Waals surface area contributed by atoms with Gasteiger partial charge in [-0.15, -0.1) is 11.3 Å². The normalized spacial score (nSPS) is 11.1. The van der Waals surface area contributed by atoms with Crippen molar-refractivity contribution in [1.29, 1.82) is 0 Å². The van der Waals surface area contributed by atoms with E-state index in [0.29, 0.717) is 6.61 Å². The maximum absolute atomic E-state index is 5.27. The number of thiazole rings is 1. The van der Waals surface area contributed by atoms with Crippen LogP contribution in [0.5, 0.6) is 0 Å². The first-order valence-electron chi connectivity index (χ1n) is 7.53. The lowest BCUT2D eigenvalue weighted by Crippen LogP contribution is -2.28. The predicted octanol–water partition coefficient (Wildman–Crippen LogP) is 3.36. The molecule has 0 N–H and O–H groups in total. The van der Waals surface area contributed by atoms with Gasteiger partial charge in [-0.05, 0) is 25.0 Å². The minimum atomic E-state index is 0.639. The van der Waals surface area contributed by atoms with Crippen LogP contribution in [0.25, 0.3) is 10.3 Å². The van der Waals surface area contributed by atoms with Crippen molar-refractivity contribution in [1.82, 2.24) is 15.0 Å². The Labute approximate surface area is 140 Å². The highest BCUT2D eigenvalue weighted by Gasteiger charge is 2.15. The third-order valence-corrected chi connectivity index (χ3v) is 4.57. The van der Waals surface area contributed by atoms with Crippen LogP contribution in [0.3, 0.4) is 0 Å². The van der Waals surface area contributed by atoms with Crippen molar-refractivity contribution < 1.29 is 4.74 Å². The molecule has 0 bridgehead atoms. The number of methoxy groups -OCH3 is 1. The van der Waals surface area contributed by atoms with Crippen LogP contribution < -0.4 is 4.90 Å². The van der Waals surface area contributed by atoms with E-state index in [1.807, 2.05) is 5.51 Å². The zero-order valence-corrected chi connectivity index (χ0v) is 14.4. The lowest BCUT2D eigenvalue weighted by Gasteiger charge is -2.24. The van der Waals surface area contributed by atoms with Gasteiger partial charge >= 0.3 is 0 Å². The van der Waals surface area contributed by atoms with Gasteiger partial charge in [-0.2, -0.15) is 0 Å². The Morgan fingerprint density at radius 3 is 2.83 bits per heavy atom. The number of anilines is 1. The van der Waals surface area contributed by atoms with Gasteiger partial charge in [0.2, 0.25) is 0 Å². The number of hydrogen-bond acceptors (Lipinski definition) is 6. The molecule has 0 unspecified atom stereocenters. The molecule has 5 nitrogen and oxygen atoms in total. The van der Waals surface area contributed by atoms with Crippen molar-refractivity contribution in [2.45, 2.75) is 20.4 Å². The van der Waals surface area contributed by atoms with Gasteiger partial charge in [0.05, 0.1) is 12.1 Å². The monoisotopic (exact) mass is 328 g/mol. The molecule has 0 aliphatic heterocycles. The molecule has 120 valence electrons. The van der Waals surface area contributed by atoms with Gasteiger partial charge in [0.15, 0.2) is 5.82 Å². The first-order chi connectivity index (χ1) is 11.2. The molecule has 3 rings (SSSR count). The molecule has 0 aliphatic carbocycles. The predicted molar refractivity (Wildman–Crippen MR) is 94.1 cm³/mol. The highest BCUT2D eigenvalue weighted by atomic mass is 32.1. The van der Waals surface area contributed by atoms with E-state index in [1.165, 1.54) is 28.0 Å². The Hall–Kier alpha value is -2.05. The van der Waals surface area contributed by atoms with Crippen molar-refractivity contribution >= 4 is 27.5 Å². The molecule has 1 aromatic carbocycles. The smallest absolute Gasteiger partial charge is 0.159 e. The van der Waals surface area contributed by atoms with E-state index in [1.54, 1.807) is 13.4 Å². The molecule has 0 atom stereocenters. The first kappa shape index (κ1) is 15.8. The molecule has 23 heavy (non-hydrogen) atoms. The summed E-state index contributed by atoms with van der Waals surface area (Å²) in [5, 5.41) is 0. The summed E-state index contributed by atoms with van der Waals surface area (Å²) < 4.78 is 5.27. The fourth-order valence-corrected chi connectivity index (χ4v) is 3.23. The Kier molecular flexibility index (Phi) is 4.83. The Morgan fingerprint density at radius 1 is 1.17 bits per heavy atom. The van der Waals surface area contributed by atoms with Gasteiger partial charge in [0.1, 0.15) is 16.7 Å². The van der Waals surface area contributed by atoms with E-state index in [4.69, 9.17) is 4.74 Å². The van der Waals surface area contributed by atoms with Crippen LogP contribution >= 0.6 is 11.3 Å².